The number of alkyl halides is 3. The third-order valence-corrected chi connectivity index (χ3v) is 5.58. The molecule has 3 aromatic heterocycles. The molecule has 3 heterocycles. The summed E-state index contributed by atoms with van der Waals surface area (Å²) >= 11 is 0. The maximum atomic E-state index is 13.1. The van der Waals surface area contributed by atoms with E-state index in [9.17, 15) is 18.0 Å². The first-order chi connectivity index (χ1) is 17.3. The Labute approximate surface area is 203 Å². The van der Waals surface area contributed by atoms with Crippen LogP contribution in [0.2, 0.25) is 0 Å². The lowest BCUT2D eigenvalue weighted by Crippen LogP contribution is -2.13. The summed E-state index contributed by atoms with van der Waals surface area (Å²) in [4.78, 5) is 24.6. The number of hydrogen-bond acceptors (Lipinski definition) is 5. The second-order valence-electron chi connectivity index (χ2n) is 8.03. The summed E-state index contributed by atoms with van der Waals surface area (Å²) in [5.41, 5.74) is 2.19. The molecule has 0 aliphatic carbocycles. The molecule has 5 aromatic rings. The SMILES string of the molecule is COCCNc1cccc2nc(C(=O)Nc3nc4cc(-c5cccc(C(F)(F)F)c5)ccc4[nH]3)cn12. The molecule has 0 fully saturated rings. The third-order valence-electron chi connectivity index (χ3n) is 5.58. The Bertz CT molecular complexity index is 1560. The van der Waals surface area contributed by atoms with Gasteiger partial charge in [-0.2, -0.15) is 13.2 Å². The monoisotopic (exact) mass is 494 g/mol. The van der Waals surface area contributed by atoms with E-state index in [1.165, 1.54) is 6.07 Å². The number of halogens is 3. The molecule has 11 heteroatoms. The van der Waals surface area contributed by atoms with Gasteiger partial charge in [0.15, 0.2) is 0 Å². The van der Waals surface area contributed by atoms with Crippen LogP contribution in [0.4, 0.5) is 24.9 Å². The van der Waals surface area contributed by atoms with Crippen molar-refractivity contribution in [3.8, 4) is 11.1 Å². The van der Waals surface area contributed by atoms with Gasteiger partial charge in [-0.05, 0) is 47.5 Å². The highest BCUT2D eigenvalue weighted by Gasteiger charge is 2.30. The Morgan fingerprint density at radius 2 is 1.86 bits per heavy atom. The highest BCUT2D eigenvalue weighted by atomic mass is 19.4. The summed E-state index contributed by atoms with van der Waals surface area (Å²) in [5.74, 6) is 0.507. The fourth-order valence-corrected chi connectivity index (χ4v) is 3.84. The summed E-state index contributed by atoms with van der Waals surface area (Å²) in [6.07, 6.45) is -2.81. The summed E-state index contributed by atoms with van der Waals surface area (Å²) < 4.78 is 46.1. The number of imidazole rings is 2. The van der Waals surface area contributed by atoms with Crippen LogP contribution in [0.1, 0.15) is 16.1 Å². The van der Waals surface area contributed by atoms with Gasteiger partial charge < -0.3 is 15.0 Å². The number of carbonyl (C=O) groups excluding carboxylic acids is 1. The summed E-state index contributed by atoms with van der Waals surface area (Å²) in [6.45, 7) is 1.12. The molecule has 0 atom stereocenters. The lowest BCUT2D eigenvalue weighted by molar-refractivity contribution is -0.137. The number of fused-ring (bicyclic) bond motifs is 2. The van der Waals surface area contributed by atoms with Gasteiger partial charge in [0, 0.05) is 19.9 Å². The predicted octanol–water partition coefficient (Wildman–Crippen LogP) is 5.21. The molecule has 1 amide bonds. The highest BCUT2D eigenvalue weighted by molar-refractivity contribution is 6.03. The average molecular weight is 494 g/mol. The Balaban J connectivity index is 1.37. The second kappa shape index (κ2) is 9.34. The van der Waals surface area contributed by atoms with Gasteiger partial charge in [0.05, 0.1) is 23.2 Å². The van der Waals surface area contributed by atoms with Crippen molar-refractivity contribution in [1.82, 2.24) is 19.4 Å². The zero-order chi connectivity index (χ0) is 25.3. The molecule has 2 aromatic carbocycles. The number of hydrogen-bond donors (Lipinski definition) is 3. The number of rotatable bonds is 7. The Hall–Kier alpha value is -4.38. The first kappa shape index (κ1) is 23.4. The van der Waals surface area contributed by atoms with E-state index < -0.39 is 17.6 Å². The largest absolute Gasteiger partial charge is 0.416 e. The average Bonchev–Trinajstić information content (AvgIpc) is 3.47. The van der Waals surface area contributed by atoms with E-state index in [1.807, 2.05) is 12.1 Å². The van der Waals surface area contributed by atoms with Crippen LogP contribution in [-0.4, -0.2) is 45.5 Å². The summed E-state index contributed by atoms with van der Waals surface area (Å²) in [7, 11) is 1.62. The minimum atomic E-state index is -4.43. The van der Waals surface area contributed by atoms with Crippen molar-refractivity contribution in [3.05, 3.63) is 78.1 Å². The molecule has 5 rings (SSSR count). The Kier molecular flexibility index (Phi) is 6.06. The van der Waals surface area contributed by atoms with Gasteiger partial charge in [-0.3, -0.25) is 14.5 Å². The fourth-order valence-electron chi connectivity index (χ4n) is 3.84. The van der Waals surface area contributed by atoms with Crippen LogP contribution in [0, 0.1) is 0 Å². The highest BCUT2D eigenvalue weighted by Crippen LogP contribution is 2.33. The Morgan fingerprint density at radius 3 is 2.67 bits per heavy atom. The first-order valence-corrected chi connectivity index (χ1v) is 11.0. The van der Waals surface area contributed by atoms with Crippen LogP contribution in [0.3, 0.4) is 0 Å². The number of aromatic nitrogens is 4. The van der Waals surface area contributed by atoms with Crippen LogP contribution >= 0.6 is 0 Å². The number of amides is 1. The maximum Gasteiger partial charge on any atom is 0.416 e. The topological polar surface area (TPSA) is 96.3 Å². The smallest absolute Gasteiger partial charge is 0.383 e. The minimum Gasteiger partial charge on any atom is -0.383 e. The van der Waals surface area contributed by atoms with Gasteiger partial charge in [-0.15, -0.1) is 0 Å². The fraction of sp³-hybridized carbons (Fsp3) is 0.160. The number of aromatic amines is 1. The first-order valence-electron chi connectivity index (χ1n) is 11.0. The van der Waals surface area contributed by atoms with Crippen molar-refractivity contribution in [2.75, 3.05) is 30.9 Å². The van der Waals surface area contributed by atoms with E-state index >= 15 is 0 Å². The van der Waals surface area contributed by atoms with Crippen LogP contribution in [0.25, 0.3) is 27.8 Å². The van der Waals surface area contributed by atoms with E-state index in [0.717, 1.165) is 18.0 Å². The molecular weight excluding hydrogens is 473 g/mol. The standard InChI is InChI=1S/C25H21F3N6O2/c1-36-11-10-29-21-6-3-7-22-30-20(14-34(21)22)23(35)33-24-31-18-9-8-16(13-19(18)32-24)15-4-2-5-17(12-15)25(26,27)28/h2-9,12-14,29H,10-11H2,1H3,(H2,31,32,33,35). The number of nitrogens with one attached hydrogen (secondary N) is 3. The van der Waals surface area contributed by atoms with Gasteiger partial charge in [0.1, 0.15) is 17.2 Å². The molecule has 0 aliphatic heterocycles. The number of ether oxygens (including phenoxy) is 1. The molecule has 8 nitrogen and oxygen atoms in total. The van der Waals surface area contributed by atoms with Crippen molar-refractivity contribution in [2.45, 2.75) is 6.18 Å². The lowest BCUT2D eigenvalue weighted by atomic mass is 10.0. The van der Waals surface area contributed by atoms with Gasteiger partial charge in [0.25, 0.3) is 5.91 Å². The zero-order valence-corrected chi connectivity index (χ0v) is 19.1. The number of carbonyl (C=O) groups is 1. The van der Waals surface area contributed by atoms with Crippen molar-refractivity contribution >= 4 is 34.4 Å². The number of nitrogens with zero attached hydrogens (tertiary/aromatic N) is 3. The maximum absolute atomic E-state index is 13.1. The summed E-state index contributed by atoms with van der Waals surface area (Å²) in [6, 6.07) is 15.7. The number of anilines is 2. The van der Waals surface area contributed by atoms with Gasteiger partial charge >= 0.3 is 6.18 Å². The quantitative estimate of drug-likeness (QED) is 0.270. The molecule has 0 bridgehead atoms. The van der Waals surface area contributed by atoms with Gasteiger partial charge in [-0.25, -0.2) is 9.97 Å². The Morgan fingerprint density at radius 1 is 1.06 bits per heavy atom. The van der Waals surface area contributed by atoms with Crippen LogP contribution in [-0.2, 0) is 10.9 Å². The molecule has 0 unspecified atom stereocenters. The van der Waals surface area contributed by atoms with E-state index in [0.29, 0.717) is 41.0 Å². The van der Waals surface area contributed by atoms with E-state index in [4.69, 9.17) is 4.74 Å². The number of H-pyrrole nitrogens is 1. The van der Waals surface area contributed by atoms with Crippen LogP contribution < -0.4 is 10.6 Å². The third kappa shape index (κ3) is 4.73. The molecule has 0 saturated heterocycles. The second-order valence-corrected chi connectivity index (χ2v) is 8.03. The number of benzene rings is 2. The predicted molar refractivity (Wildman–Crippen MR) is 130 cm³/mol. The van der Waals surface area contributed by atoms with Crippen molar-refractivity contribution in [1.29, 1.82) is 0 Å². The van der Waals surface area contributed by atoms with Crippen LogP contribution in [0.15, 0.2) is 66.9 Å². The summed E-state index contributed by atoms with van der Waals surface area (Å²) in [5, 5.41) is 5.92. The normalized spacial score (nSPS) is 11.8. The van der Waals surface area contributed by atoms with Crippen molar-refractivity contribution in [2.24, 2.45) is 0 Å². The van der Waals surface area contributed by atoms with Gasteiger partial charge in [-0.1, -0.05) is 24.3 Å². The molecule has 3 N–H and O–H groups in total. The minimum absolute atomic E-state index is 0.195. The molecule has 0 radical (unpaired) electrons. The van der Waals surface area contributed by atoms with Gasteiger partial charge in [0.2, 0.25) is 5.95 Å². The molecule has 0 spiro atoms. The van der Waals surface area contributed by atoms with Crippen molar-refractivity contribution in [3.63, 3.8) is 0 Å². The molecular formula is C25H21F3N6O2. The molecule has 36 heavy (non-hydrogen) atoms. The van der Waals surface area contributed by atoms with Crippen molar-refractivity contribution < 1.29 is 22.7 Å². The zero-order valence-electron chi connectivity index (χ0n) is 19.1. The molecule has 0 saturated carbocycles. The van der Waals surface area contributed by atoms with E-state index in [1.54, 1.807) is 48.0 Å². The van der Waals surface area contributed by atoms with E-state index in [-0.39, 0.29) is 11.6 Å². The lowest BCUT2D eigenvalue weighted by Gasteiger charge is -2.08. The van der Waals surface area contributed by atoms with Crippen LogP contribution in [0.5, 0.6) is 0 Å². The number of methoxy groups -OCH3 is 1. The van der Waals surface area contributed by atoms with E-state index in [2.05, 4.69) is 25.6 Å². The molecule has 184 valence electrons. The number of pyridine rings is 1. The molecule has 0 aliphatic rings.